The van der Waals surface area contributed by atoms with Gasteiger partial charge in [0, 0.05) is 11.5 Å². The van der Waals surface area contributed by atoms with Crippen molar-refractivity contribution in [2.75, 3.05) is 11.5 Å². The molecule has 2 unspecified atom stereocenters. The molecule has 2 aromatic carbocycles. The highest BCUT2D eigenvalue weighted by molar-refractivity contribution is 8.05. The Bertz CT molecular complexity index is 1460. The summed E-state index contributed by atoms with van der Waals surface area (Å²) in [5, 5.41) is 16.6. The minimum atomic E-state index is -1.04. The van der Waals surface area contributed by atoms with Crippen molar-refractivity contribution in [3.63, 3.8) is 0 Å². The molecule has 0 amide bonds. The Labute approximate surface area is 279 Å². The smallest absolute Gasteiger partial charge is 0.429 e. The molecule has 0 spiro atoms. The van der Waals surface area contributed by atoms with Gasteiger partial charge in [-0.05, 0) is 22.9 Å². The van der Waals surface area contributed by atoms with E-state index in [9.17, 15) is 19.2 Å². The van der Waals surface area contributed by atoms with E-state index in [1.165, 1.54) is 58.0 Å². The first-order chi connectivity index (χ1) is 21.7. The van der Waals surface area contributed by atoms with Gasteiger partial charge in [-0.2, -0.15) is 0 Å². The van der Waals surface area contributed by atoms with Crippen molar-refractivity contribution < 1.29 is 38.1 Å². The second-order valence-corrected chi connectivity index (χ2v) is 15.1. The molecule has 0 radical (unpaired) electrons. The number of hydrogen-bond acceptors (Lipinski definition) is 17. The minimum absolute atomic E-state index is 0.0117. The van der Waals surface area contributed by atoms with Gasteiger partial charge in [0.1, 0.15) is 13.2 Å². The summed E-state index contributed by atoms with van der Waals surface area (Å²) in [6.07, 6.45) is -2.09. The number of benzene rings is 2. The molecular formula is C28H26N4O8S5. The molecule has 12 nitrogen and oxygen atoms in total. The highest BCUT2D eigenvalue weighted by atomic mass is 32.2. The molecule has 2 heterocycles. The SMILES string of the molecule is CC(CSc1nnc(Sc2nnc(SCC(C)C(=O)OC(=O)OCc3ccccc3)s2)s1)C(=O)OC(=O)OCc1ccccc1. The topological polar surface area (TPSA) is 157 Å². The average molecular weight is 707 g/mol. The van der Waals surface area contributed by atoms with Crippen LogP contribution in [0.4, 0.5) is 9.59 Å². The zero-order valence-corrected chi connectivity index (χ0v) is 27.9. The van der Waals surface area contributed by atoms with Crippen molar-refractivity contribution in [1.82, 2.24) is 20.4 Å². The molecule has 0 aliphatic rings. The zero-order valence-electron chi connectivity index (χ0n) is 23.9. The normalized spacial score (nSPS) is 12.1. The first kappa shape index (κ1) is 34.4. The summed E-state index contributed by atoms with van der Waals surface area (Å²) >= 11 is 6.58. The summed E-state index contributed by atoms with van der Waals surface area (Å²) in [6.45, 7) is 3.32. The van der Waals surface area contributed by atoms with Crippen LogP contribution in [0, 0.1) is 11.8 Å². The zero-order chi connectivity index (χ0) is 32.0. The number of hydrogen-bond donors (Lipinski definition) is 0. The quantitative estimate of drug-likeness (QED) is 0.0769. The predicted octanol–water partition coefficient (Wildman–Crippen LogP) is 6.76. The summed E-state index contributed by atoms with van der Waals surface area (Å²) < 4.78 is 22.1. The van der Waals surface area contributed by atoms with E-state index in [4.69, 9.17) is 18.9 Å². The van der Waals surface area contributed by atoms with Crippen molar-refractivity contribution in [3.05, 3.63) is 71.8 Å². The fraction of sp³-hybridized carbons (Fsp3) is 0.286. The lowest BCUT2D eigenvalue weighted by molar-refractivity contribution is -0.144. The third-order valence-electron chi connectivity index (χ3n) is 5.44. The number of thioether (sulfide) groups is 2. The van der Waals surface area contributed by atoms with Crippen molar-refractivity contribution >= 4 is 82.2 Å². The maximum atomic E-state index is 12.3. The summed E-state index contributed by atoms with van der Waals surface area (Å²) in [7, 11) is 0. The first-order valence-electron chi connectivity index (χ1n) is 13.2. The number of aromatic nitrogens is 4. The van der Waals surface area contributed by atoms with Crippen LogP contribution in [-0.4, -0.2) is 56.1 Å². The molecule has 0 saturated carbocycles. The van der Waals surface area contributed by atoms with Crippen LogP contribution >= 0.6 is 58.0 Å². The van der Waals surface area contributed by atoms with Gasteiger partial charge in [0.25, 0.3) is 0 Å². The summed E-state index contributed by atoms with van der Waals surface area (Å²) in [5.74, 6) is -1.89. The first-order valence-corrected chi connectivity index (χ1v) is 17.6. The maximum absolute atomic E-state index is 12.3. The van der Waals surface area contributed by atoms with Crippen LogP contribution in [0.15, 0.2) is 78.0 Å². The van der Waals surface area contributed by atoms with Crippen molar-refractivity contribution in [3.8, 4) is 0 Å². The number of esters is 2. The van der Waals surface area contributed by atoms with E-state index in [2.05, 4.69) is 20.4 Å². The molecule has 17 heteroatoms. The molecule has 0 bridgehead atoms. The van der Waals surface area contributed by atoms with Gasteiger partial charge in [-0.1, -0.05) is 121 Å². The molecule has 0 saturated heterocycles. The molecule has 2 aromatic heterocycles. The fourth-order valence-electron chi connectivity index (χ4n) is 3.05. The average Bonchev–Trinajstić information content (AvgIpc) is 3.70. The lowest BCUT2D eigenvalue weighted by Gasteiger charge is -2.09. The van der Waals surface area contributed by atoms with Crippen LogP contribution < -0.4 is 0 Å². The van der Waals surface area contributed by atoms with Crippen LogP contribution in [0.3, 0.4) is 0 Å². The van der Waals surface area contributed by atoms with Gasteiger partial charge in [0.15, 0.2) is 17.4 Å². The van der Waals surface area contributed by atoms with E-state index in [0.29, 0.717) is 28.9 Å². The van der Waals surface area contributed by atoms with E-state index in [-0.39, 0.29) is 13.2 Å². The molecule has 2 atom stereocenters. The number of carbonyl (C=O) groups is 4. The van der Waals surface area contributed by atoms with E-state index < -0.39 is 36.1 Å². The van der Waals surface area contributed by atoms with Crippen LogP contribution in [0.2, 0.25) is 0 Å². The van der Waals surface area contributed by atoms with Gasteiger partial charge < -0.3 is 18.9 Å². The molecule has 0 fully saturated rings. The van der Waals surface area contributed by atoms with Crippen molar-refractivity contribution in [2.24, 2.45) is 11.8 Å². The van der Waals surface area contributed by atoms with Gasteiger partial charge in [0.2, 0.25) is 0 Å². The van der Waals surface area contributed by atoms with Gasteiger partial charge in [-0.15, -0.1) is 20.4 Å². The standard InChI is InChI=1S/C28H26N4O8S5/c1-17(21(33)39-27(35)37-13-19-9-5-3-6-10-19)15-41-23-29-31-25(43-23)45-26-32-30-24(44-26)42-16-18(2)22(34)40-28(36)38-14-20-11-7-4-8-12-20/h3-12,17-18H,13-16H2,1-2H3. The predicted molar refractivity (Wildman–Crippen MR) is 169 cm³/mol. The summed E-state index contributed by atoms with van der Waals surface area (Å²) in [6, 6.07) is 18.1. The molecule has 4 rings (SSSR count). The van der Waals surface area contributed by atoms with Crippen LogP contribution in [-0.2, 0) is 41.8 Å². The van der Waals surface area contributed by atoms with E-state index >= 15 is 0 Å². The van der Waals surface area contributed by atoms with Crippen LogP contribution in [0.1, 0.15) is 25.0 Å². The lowest BCUT2D eigenvalue weighted by atomic mass is 10.2. The number of ether oxygens (including phenoxy) is 4. The Morgan fingerprint density at radius 3 is 1.40 bits per heavy atom. The highest BCUT2D eigenvalue weighted by Crippen LogP contribution is 2.37. The third-order valence-corrected chi connectivity index (χ3v) is 11.2. The summed E-state index contributed by atoms with van der Waals surface area (Å²) in [5.41, 5.74) is 1.57. The Morgan fingerprint density at radius 1 is 0.622 bits per heavy atom. The third kappa shape index (κ3) is 12.1. The van der Waals surface area contributed by atoms with E-state index in [0.717, 1.165) is 11.1 Å². The number of rotatable bonds is 14. The fourth-order valence-corrected chi connectivity index (χ4v) is 8.36. The Morgan fingerprint density at radius 2 is 1.00 bits per heavy atom. The monoisotopic (exact) mass is 706 g/mol. The van der Waals surface area contributed by atoms with E-state index in [1.807, 2.05) is 36.4 Å². The number of carbonyl (C=O) groups excluding carboxylic acids is 4. The highest BCUT2D eigenvalue weighted by Gasteiger charge is 2.22. The minimum Gasteiger partial charge on any atom is -0.429 e. The Hall–Kier alpha value is -3.51. The molecule has 45 heavy (non-hydrogen) atoms. The second-order valence-electron chi connectivity index (χ2n) is 9.08. The second kappa shape index (κ2) is 17.8. The molecule has 0 N–H and O–H groups in total. The summed E-state index contributed by atoms with van der Waals surface area (Å²) in [4.78, 5) is 48.2. The van der Waals surface area contributed by atoms with Gasteiger partial charge >= 0.3 is 24.2 Å². The van der Waals surface area contributed by atoms with Crippen molar-refractivity contribution in [1.29, 1.82) is 0 Å². The molecule has 0 aliphatic heterocycles. The van der Waals surface area contributed by atoms with Crippen LogP contribution in [0.25, 0.3) is 0 Å². The lowest BCUT2D eigenvalue weighted by Crippen LogP contribution is -2.21. The Kier molecular flexibility index (Phi) is 13.6. The molecule has 236 valence electrons. The number of nitrogens with zero attached hydrogens (tertiary/aromatic N) is 4. The molecule has 0 aliphatic carbocycles. The molecular weight excluding hydrogens is 681 g/mol. The Balaban J connectivity index is 1.13. The van der Waals surface area contributed by atoms with Crippen molar-refractivity contribution in [2.45, 2.75) is 44.4 Å². The van der Waals surface area contributed by atoms with Gasteiger partial charge in [0.05, 0.1) is 11.8 Å². The molecule has 4 aromatic rings. The van der Waals surface area contributed by atoms with Crippen LogP contribution in [0.5, 0.6) is 0 Å². The van der Waals surface area contributed by atoms with Gasteiger partial charge in [-0.25, -0.2) is 9.59 Å². The largest absolute Gasteiger partial charge is 0.516 e. The maximum Gasteiger partial charge on any atom is 0.516 e. The van der Waals surface area contributed by atoms with E-state index in [1.54, 1.807) is 38.1 Å². The van der Waals surface area contributed by atoms with Gasteiger partial charge in [-0.3, -0.25) is 9.59 Å².